The summed E-state index contributed by atoms with van der Waals surface area (Å²) in [6.45, 7) is 0. The van der Waals surface area contributed by atoms with Crippen LogP contribution < -0.4 is 4.74 Å². The van der Waals surface area contributed by atoms with E-state index in [1.165, 1.54) is 12.3 Å². The molecule has 2 nitrogen and oxygen atoms in total. The Morgan fingerprint density at radius 2 is 1.64 bits per heavy atom. The number of ether oxygens (including phenoxy) is 1. The Morgan fingerprint density at radius 1 is 0.960 bits per heavy atom. The molecule has 0 atom stereocenters. The summed E-state index contributed by atoms with van der Waals surface area (Å²) in [5.41, 5.74) is -1.05. The van der Waals surface area contributed by atoms with Crippen molar-refractivity contribution >= 4 is 15.9 Å². The fourth-order valence-electron chi connectivity index (χ4n) is 2.15. The van der Waals surface area contributed by atoms with Crippen molar-refractivity contribution in [1.82, 2.24) is 0 Å². The van der Waals surface area contributed by atoms with Crippen LogP contribution in [-0.2, 0) is 6.18 Å². The first-order chi connectivity index (χ1) is 11.8. The Kier molecular flexibility index (Phi) is 4.55. The molecule has 1 heterocycles. The molecule has 0 aliphatic rings. The van der Waals surface area contributed by atoms with Gasteiger partial charge in [-0.25, -0.2) is 8.78 Å². The largest absolute Gasteiger partial charge is 0.464 e. The minimum Gasteiger partial charge on any atom is -0.464 e. The van der Waals surface area contributed by atoms with Gasteiger partial charge in [-0.1, -0.05) is 15.9 Å². The van der Waals surface area contributed by atoms with E-state index in [4.69, 9.17) is 9.15 Å². The van der Waals surface area contributed by atoms with Crippen LogP contribution in [0.5, 0.6) is 11.5 Å². The van der Waals surface area contributed by atoms with Crippen molar-refractivity contribution in [2.75, 3.05) is 0 Å². The minimum atomic E-state index is -4.87. The van der Waals surface area contributed by atoms with Crippen molar-refractivity contribution in [3.05, 3.63) is 70.4 Å². The van der Waals surface area contributed by atoms with Gasteiger partial charge in [0.1, 0.15) is 11.5 Å². The van der Waals surface area contributed by atoms with E-state index in [9.17, 15) is 22.0 Å². The standard InChI is InChI=1S/C17H8BrF5O2/c18-10-3-4-11(14-2-1-5-24-14)15(8-10)25-16-12(19)6-9(7-13(16)20)17(21,22)23/h1-8H. The first kappa shape index (κ1) is 17.5. The topological polar surface area (TPSA) is 22.4 Å². The van der Waals surface area contributed by atoms with E-state index in [-0.39, 0.29) is 17.9 Å². The first-order valence-electron chi connectivity index (χ1n) is 6.83. The fraction of sp³-hybridized carbons (Fsp3) is 0.0588. The van der Waals surface area contributed by atoms with Crippen LogP contribution in [0, 0.1) is 11.6 Å². The maximum absolute atomic E-state index is 14.0. The van der Waals surface area contributed by atoms with Gasteiger partial charge in [-0.05, 0) is 42.5 Å². The van der Waals surface area contributed by atoms with E-state index < -0.39 is 29.1 Å². The maximum atomic E-state index is 14.0. The Balaban J connectivity index is 2.05. The number of rotatable bonds is 3. The minimum absolute atomic E-state index is 0.0156. The van der Waals surface area contributed by atoms with Crippen LogP contribution in [0.1, 0.15) is 5.56 Å². The summed E-state index contributed by atoms with van der Waals surface area (Å²) in [6.07, 6.45) is -3.46. The highest BCUT2D eigenvalue weighted by molar-refractivity contribution is 9.10. The second kappa shape index (κ2) is 6.51. The van der Waals surface area contributed by atoms with Crippen LogP contribution in [0.15, 0.2) is 57.6 Å². The summed E-state index contributed by atoms with van der Waals surface area (Å²) in [5, 5.41) is 0. The van der Waals surface area contributed by atoms with Crippen LogP contribution >= 0.6 is 15.9 Å². The number of halogens is 6. The zero-order valence-electron chi connectivity index (χ0n) is 12.2. The van der Waals surface area contributed by atoms with Gasteiger partial charge in [-0.3, -0.25) is 0 Å². The highest BCUT2D eigenvalue weighted by Gasteiger charge is 2.33. The van der Waals surface area contributed by atoms with Gasteiger partial charge in [0, 0.05) is 4.47 Å². The van der Waals surface area contributed by atoms with E-state index in [1.807, 2.05) is 0 Å². The molecule has 0 radical (unpaired) electrons. The van der Waals surface area contributed by atoms with Crippen molar-refractivity contribution < 1.29 is 31.1 Å². The molecule has 0 unspecified atom stereocenters. The molecule has 2 aromatic carbocycles. The summed E-state index contributed by atoms with van der Waals surface area (Å²) in [4.78, 5) is 0. The van der Waals surface area contributed by atoms with Gasteiger partial charge >= 0.3 is 6.18 Å². The Bertz CT molecular complexity index is 881. The quantitative estimate of drug-likeness (QED) is 0.436. The molecule has 0 N–H and O–H groups in total. The number of furan rings is 1. The number of alkyl halides is 3. The SMILES string of the molecule is Fc1cc(C(F)(F)F)cc(F)c1Oc1cc(Br)ccc1-c1ccco1. The third-order valence-electron chi connectivity index (χ3n) is 3.27. The van der Waals surface area contributed by atoms with E-state index in [0.717, 1.165) is 0 Å². The molecule has 0 aliphatic heterocycles. The molecule has 3 rings (SSSR count). The van der Waals surface area contributed by atoms with Gasteiger partial charge in [0.2, 0.25) is 0 Å². The molecular weight excluding hydrogens is 411 g/mol. The molecule has 1 aromatic heterocycles. The van der Waals surface area contributed by atoms with Crippen molar-refractivity contribution in [3.63, 3.8) is 0 Å². The molecule has 0 bridgehead atoms. The van der Waals surface area contributed by atoms with E-state index in [1.54, 1.807) is 24.3 Å². The van der Waals surface area contributed by atoms with Gasteiger partial charge in [0.25, 0.3) is 0 Å². The molecule has 8 heteroatoms. The lowest BCUT2D eigenvalue weighted by Crippen LogP contribution is -2.07. The Hall–Kier alpha value is -2.35. The van der Waals surface area contributed by atoms with Crippen molar-refractivity contribution in [3.8, 4) is 22.8 Å². The van der Waals surface area contributed by atoms with Crippen molar-refractivity contribution in [1.29, 1.82) is 0 Å². The molecule has 0 aliphatic carbocycles. The fourth-order valence-corrected chi connectivity index (χ4v) is 2.49. The van der Waals surface area contributed by atoms with Gasteiger partial charge < -0.3 is 9.15 Å². The van der Waals surface area contributed by atoms with Crippen molar-refractivity contribution in [2.45, 2.75) is 6.18 Å². The summed E-state index contributed by atoms with van der Waals surface area (Å²) < 4.78 is 76.9. The summed E-state index contributed by atoms with van der Waals surface area (Å²) in [6, 6.07) is 8.25. The summed E-state index contributed by atoms with van der Waals surface area (Å²) >= 11 is 3.20. The third kappa shape index (κ3) is 3.68. The smallest absolute Gasteiger partial charge is 0.416 e. The normalized spacial score (nSPS) is 11.6. The molecule has 0 spiro atoms. The average molecular weight is 419 g/mol. The second-order valence-corrected chi connectivity index (χ2v) is 5.90. The first-order valence-corrected chi connectivity index (χ1v) is 7.62. The lowest BCUT2D eigenvalue weighted by Gasteiger charge is -2.14. The van der Waals surface area contributed by atoms with Gasteiger partial charge in [0.05, 0.1) is 17.4 Å². The Labute approximate surface area is 147 Å². The summed E-state index contributed by atoms with van der Waals surface area (Å²) in [5.74, 6) is -3.47. The second-order valence-electron chi connectivity index (χ2n) is 4.99. The van der Waals surface area contributed by atoms with Gasteiger partial charge in [-0.15, -0.1) is 0 Å². The third-order valence-corrected chi connectivity index (χ3v) is 3.76. The molecule has 0 saturated carbocycles. The van der Waals surface area contributed by atoms with Crippen molar-refractivity contribution in [2.24, 2.45) is 0 Å². The van der Waals surface area contributed by atoms with Crippen LogP contribution in [0.2, 0.25) is 0 Å². The molecular formula is C17H8BrF5O2. The Morgan fingerprint density at radius 3 is 2.20 bits per heavy atom. The van der Waals surface area contributed by atoms with E-state index >= 15 is 0 Å². The average Bonchev–Trinajstić information content (AvgIpc) is 3.04. The van der Waals surface area contributed by atoms with E-state index in [2.05, 4.69) is 15.9 Å². The van der Waals surface area contributed by atoms with Crippen LogP contribution in [0.4, 0.5) is 22.0 Å². The number of hydrogen-bond acceptors (Lipinski definition) is 2. The number of hydrogen-bond donors (Lipinski definition) is 0. The zero-order valence-corrected chi connectivity index (χ0v) is 13.8. The van der Waals surface area contributed by atoms with Gasteiger partial charge in [-0.2, -0.15) is 13.2 Å². The van der Waals surface area contributed by atoms with Crippen LogP contribution in [0.3, 0.4) is 0 Å². The molecule has 25 heavy (non-hydrogen) atoms. The number of benzene rings is 2. The van der Waals surface area contributed by atoms with E-state index in [0.29, 0.717) is 15.8 Å². The lowest BCUT2D eigenvalue weighted by molar-refractivity contribution is -0.138. The molecule has 0 saturated heterocycles. The monoisotopic (exact) mass is 418 g/mol. The highest BCUT2D eigenvalue weighted by atomic mass is 79.9. The molecule has 3 aromatic rings. The van der Waals surface area contributed by atoms with Crippen LogP contribution in [0.25, 0.3) is 11.3 Å². The molecule has 0 amide bonds. The van der Waals surface area contributed by atoms with Crippen LogP contribution in [-0.4, -0.2) is 0 Å². The predicted octanol–water partition coefficient (Wildman–Crippen LogP) is 6.80. The highest BCUT2D eigenvalue weighted by Crippen LogP contribution is 2.39. The molecule has 130 valence electrons. The lowest BCUT2D eigenvalue weighted by atomic mass is 10.1. The maximum Gasteiger partial charge on any atom is 0.416 e. The summed E-state index contributed by atoms with van der Waals surface area (Å²) in [7, 11) is 0. The molecule has 0 fully saturated rings. The predicted molar refractivity (Wildman–Crippen MR) is 83.3 cm³/mol. The zero-order chi connectivity index (χ0) is 18.2. The van der Waals surface area contributed by atoms with Gasteiger partial charge in [0.15, 0.2) is 17.4 Å².